The monoisotopic (exact) mass is 232 g/mol. The topological polar surface area (TPSA) is 54.0 Å². The van der Waals surface area contributed by atoms with Crippen molar-refractivity contribution in [3.05, 3.63) is 24.3 Å². The number of rotatable bonds is 6. The van der Waals surface area contributed by atoms with Crippen molar-refractivity contribution >= 4 is 15.0 Å². The molecule has 0 amide bonds. The summed E-state index contributed by atoms with van der Waals surface area (Å²) in [4.78, 5) is 11.3. The van der Waals surface area contributed by atoms with Crippen LogP contribution < -0.4 is 0 Å². The van der Waals surface area contributed by atoms with Crippen LogP contribution in [0, 0.1) is 0 Å². The fourth-order valence-corrected chi connectivity index (χ4v) is 1.84. The Labute approximate surface area is 90.8 Å². The molecule has 0 aliphatic rings. The molecule has 0 heterocycles. The zero-order valence-corrected chi connectivity index (χ0v) is 10.4. The molecule has 0 spiro atoms. The summed E-state index contributed by atoms with van der Waals surface area (Å²) < 4.78 is 19.7. The van der Waals surface area contributed by atoms with E-state index in [0.717, 1.165) is 0 Å². The molecule has 0 aromatic rings. The van der Waals surface area contributed by atoms with Crippen molar-refractivity contribution in [3.8, 4) is 0 Å². The molecule has 0 aliphatic carbocycles. The summed E-state index contributed by atoms with van der Waals surface area (Å²) in [6.45, 7) is 1.84. The minimum Gasteiger partial charge on any atom is -0.449 e. The zero-order chi connectivity index (χ0) is 11.7. The summed E-state index contributed by atoms with van der Waals surface area (Å²) in [5.74, 6) is -0.565. The van der Waals surface area contributed by atoms with Gasteiger partial charge in [0.1, 0.15) is 0 Å². The van der Waals surface area contributed by atoms with Crippen molar-refractivity contribution in [2.24, 2.45) is 0 Å². The molecule has 0 saturated carbocycles. The van der Waals surface area contributed by atoms with Crippen LogP contribution in [0.5, 0.6) is 0 Å². The van der Waals surface area contributed by atoms with Crippen LogP contribution in [0.15, 0.2) is 24.3 Å². The minimum absolute atomic E-state index is 0.565. The molecule has 0 N–H and O–H groups in total. The van der Waals surface area contributed by atoms with E-state index in [1.807, 2.05) is 6.92 Å². The Morgan fingerprint density at radius 1 is 1.07 bits per heavy atom. The number of hydrogen-bond donors (Lipinski definition) is 0. The van der Waals surface area contributed by atoms with Gasteiger partial charge in [0, 0.05) is 27.4 Å². The van der Waals surface area contributed by atoms with Crippen LogP contribution in [-0.2, 0) is 22.5 Å². The molecule has 0 rings (SSSR count). The lowest BCUT2D eigenvalue weighted by Crippen LogP contribution is -2.47. The summed E-state index contributed by atoms with van der Waals surface area (Å²) in [5, 5.41) is 0. The first kappa shape index (κ1) is 14.0. The highest BCUT2D eigenvalue weighted by Gasteiger charge is 2.46. The van der Waals surface area contributed by atoms with Gasteiger partial charge in [-0.2, -0.15) is 0 Å². The number of allylic oxidation sites excluding steroid dienone is 3. The van der Waals surface area contributed by atoms with Crippen molar-refractivity contribution in [1.29, 1.82) is 0 Å². The van der Waals surface area contributed by atoms with Crippen molar-refractivity contribution in [2.75, 3.05) is 21.3 Å². The van der Waals surface area contributed by atoms with Gasteiger partial charge in [0.25, 0.3) is 0 Å². The number of hydrogen-bond acceptors (Lipinski definition) is 5. The van der Waals surface area contributed by atoms with Gasteiger partial charge in [-0.3, -0.25) is 0 Å². The van der Waals surface area contributed by atoms with E-state index in [9.17, 15) is 4.79 Å². The van der Waals surface area contributed by atoms with Gasteiger partial charge in [-0.25, -0.2) is 4.79 Å². The van der Waals surface area contributed by atoms with E-state index in [0.29, 0.717) is 0 Å². The van der Waals surface area contributed by atoms with Crippen LogP contribution in [-0.4, -0.2) is 36.3 Å². The van der Waals surface area contributed by atoms with E-state index in [2.05, 4.69) is 0 Å². The van der Waals surface area contributed by atoms with Crippen molar-refractivity contribution in [3.63, 3.8) is 0 Å². The number of carbonyl (C=O) groups excluding carboxylic acids is 1. The maximum atomic E-state index is 11.3. The molecule has 0 aliphatic heterocycles. The van der Waals surface area contributed by atoms with Gasteiger partial charge < -0.3 is 17.7 Å². The third-order valence-electron chi connectivity index (χ3n) is 1.51. The fraction of sp³-hybridized carbons (Fsp3) is 0.444. The van der Waals surface area contributed by atoms with Crippen molar-refractivity contribution < 1.29 is 22.5 Å². The Bertz CT molecular complexity index is 237. The first-order chi connectivity index (χ1) is 7.14. The van der Waals surface area contributed by atoms with Crippen LogP contribution in [0.25, 0.3) is 0 Å². The van der Waals surface area contributed by atoms with E-state index in [1.165, 1.54) is 27.4 Å². The molecule has 6 heteroatoms. The predicted octanol–water partition coefficient (Wildman–Crippen LogP) is 1.04. The van der Waals surface area contributed by atoms with Gasteiger partial charge in [0.05, 0.1) is 0 Å². The minimum atomic E-state index is -3.27. The highest BCUT2D eigenvalue weighted by Crippen LogP contribution is 2.08. The van der Waals surface area contributed by atoms with Crippen LogP contribution in [0.4, 0.5) is 0 Å². The Balaban J connectivity index is 4.35. The molecule has 0 aromatic carbocycles. The molecular formula is C9H16O5Si. The Morgan fingerprint density at radius 3 is 2.00 bits per heavy atom. The summed E-state index contributed by atoms with van der Waals surface area (Å²) in [5.41, 5.74) is 0. The summed E-state index contributed by atoms with van der Waals surface area (Å²) in [7, 11) is 0.824. The zero-order valence-electron chi connectivity index (χ0n) is 9.35. The molecule has 0 bridgehead atoms. The van der Waals surface area contributed by atoms with Crippen molar-refractivity contribution in [2.45, 2.75) is 6.92 Å². The molecule has 0 fully saturated rings. The molecule has 0 aromatic heterocycles. The lowest BCUT2D eigenvalue weighted by atomic mass is 10.4. The van der Waals surface area contributed by atoms with Crippen molar-refractivity contribution in [1.82, 2.24) is 0 Å². The smallest absolute Gasteiger partial charge is 0.449 e. The molecular weight excluding hydrogens is 216 g/mol. The number of carbonyl (C=O) groups is 1. The first-order valence-electron chi connectivity index (χ1n) is 4.32. The van der Waals surface area contributed by atoms with E-state index >= 15 is 0 Å². The lowest BCUT2D eigenvalue weighted by Gasteiger charge is -2.21. The Hall–Kier alpha value is -0.953. The largest absolute Gasteiger partial charge is 0.751 e. The van der Waals surface area contributed by atoms with Gasteiger partial charge in [0.2, 0.25) is 0 Å². The average molecular weight is 232 g/mol. The molecule has 5 nitrogen and oxygen atoms in total. The average Bonchev–Trinajstić information content (AvgIpc) is 2.26. The molecule has 15 heavy (non-hydrogen) atoms. The lowest BCUT2D eigenvalue weighted by molar-refractivity contribution is -0.137. The second-order valence-electron chi connectivity index (χ2n) is 2.42. The fourth-order valence-electron chi connectivity index (χ4n) is 0.777. The third kappa shape index (κ3) is 4.89. The van der Waals surface area contributed by atoms with Crippen LogP contribution in [0.2, 0.25) is 0 Å². The second kappa shape index (κ2) is 7.35. The maximum absolute atomic E-state index is 11.3. The molecule has 0 radical (unpaired) electrons. The Morgan fingerprint density at radius 2 is 1.60 bits per heavy atom. The van der Waals surface area contributed by atoms with E-state index in [1.54, 1.807) is 18.2 Å². The maximum Gasteiger partial charge on any atom is 0.751 e. The highest BCUT2D eigenvalue weighted by molar-refractivity contribution is 6.55. The van der Waals surface area contributed by atoms with Crippen LogP contribution >= 0.6 is 0 Å². The Kier molecular flexibility index (Phi) is 6.89. The molecule has 0 atom stereocenters. The predicted molar refractivity (Wildman–Crippen MR) is 56.8 cm³/mol. The van der Waals surface area contributed by atoms with Gasteiger partial charge in [-0.05, 0) is 6.92 Å². The van der Waals surface area contributed by atoms with Gasteiger partial charge >= 0.3 is 15.0 Å². The first-order valence-corrected chi connectivity index (χ1v) is 5.95. The molecule has 0 unspecified atom stereocenters. The third-order valence-corrected chi connectivity index (χ3v) is 3.46. The van der Waals surface area contributed by atoms with Crippen LogP contribution in [0.1, 0.15) is 6.92 Å². The van der Waals surface area contributed by atoms with Gasteiger partial charge in [-0.15, -0.1) is 0 Å². The van der Waals surface area contributed by atoms with Crippen LogP contribution in [0.3, 0.4) is 0 Å². The summed E-state index contributed by atoms with van der Waals surface area (Å²) >= 11 is 0. The summed E-state index contributed by atoms with van der Waals surface area (Å²) in [6.07, 6.45) is 6.32. The SMILES string of the molecule is CC=CC=CC(=O)O[Si](OC)(OC)OC. The standard InChI is InChI=1S/C9H16O5Si/c1-5-6-7-8-9(10)14-15(11-2,12-3)13-4/h5-8H,1-4H3. The van der Waals surface area contributed by atoms with E-state index in [4.69, 9.17) is 17.7 Å². The molecule has 86 valence electrons. The second-order valence-corrected chi connectivity index (χ2v) is 4.85. The highest BCUT2D eigenvalue weighted by atomic mass is 28.4. The normalized spacial score (nSPS) is 12.5. The molecule has 0 saturated heterocycles. The summed E-state index contributed by atoms with van der Waals surface area (Å²) in [6, 6.07) is 0. The van der Waals surface area contributed by atoms with E-state index in [-0.39, 0.29) is 0 Å². The van der Waals surface area contributed by atoms with E-state index < -0.39 is 15.0 Å². The van der Waals surface area contributed by atoms with Gasteiger partial charge in [-0.1, -0.05) is 18.2 Å². The quantitative estimate of drug-likeness (QED) is 0.389. The van der Waals surface area contributed by atoms with Gasteiger partial charge in [0.15, 0.2) is 0 Å².